The SMILES string of the molecule is CCC1CC2OC2C1C. The molecule has 1 nitrogen and oxygen atoms in total. The van der Waals surface area contributed by atoms with E-state index in [1.54, 1.807) is 0 Å². The number of fused-ring (bicyclic) bond motifs is 1. The fourth-order valence-electron chi connectivity index (χ4n) is 2.13. The number of ether oxygens (including phenoxy) is 1. The maximum absolute atomic E-state index is 5.40. The van der Waals surface area contributed by atoms with Gasteiger partial charge in [-0.15, -0.1) is 0 Å². The summed E-state index contributed by atoms with van der Waals surface area (Å²) in [6.07, 6.45) is 4.01. The molecular formula is C8H14O. The second-order valence-electron chi connectivity index (χ2n) is 3.40. The van der Waals surface area contributed by atoms with Crippen molar-refractivity contribution >= 4 is 0 Å². The van der Waals surface area contributed by atoms with Gasteiger partial charge in [-0.05, 0) is 18.3 Å². The van der Waals surface area contributed by atoms with E-state index in [2.05, 4.69) is 13.8 Å². The van der Waals surface area contributed by atoms with E-state index in [0.717, 1.165) is 11.8 Å². The van der Waals surface area contributed by atoms with Gasteiger partial charge in [0.25, 0.3) is 0 Å². The monoisotopic (exact) mass is 126 g/mol. The standard InChI is InChI=1S/C8H14O/c1-3-6-4-7-8(9-7)5(6)2/h5-8H,3-4H2,1-2H3. The summed E-state index contributed by atoms with van der Waals surface area (Å²) in [5, 5.41) is 0. The van der Waals surface area contributed by atoms with Crippen molar-refractivity contribution in [3.05, 3.63) is 0 Å². The lowest BCUT2D eigenvalue weighted by Crippen LogP contribution is -2.09. The second kappa shape index (κ2) is 1.72. The van der Waals surface area contributed by atoms with Crippen molar-refractivity contribution in [2.75, 3.05) is 0 Å². The minimum Gasteiger partial charge on any atom is -0.369 e. The van der Waals surface area contributed by atoms with Gasteiger partial charge in [-0.2, -0.15) is 0 Å². The van der Waals surface area contributed by atoms with Crippen LogP contribution < -0.4 is 0 Å². The van der Waals surface area contributed by atoms with Crippen LogP contribution >= 0.6 is 0 Å². The average Bonchev–Trinajstić information content (AvgIpc) is 2.55. The Bertz CT molecular complexity index is 122. The molecule has 2 rings (SSSR count). The van der Waals surface area contributed by atoms with Gasteiger partial charge in [0.1, 0.15) is 0 Å². The van der Waals surface area contributed by atoms with Crippen molar-refractivity contribution in [1.29, 1.82) is 0 Å². The van der Waals surface area contributed by atoms with Crippen LogP contribution in [0.4, 0.5) is 0 Å². The van der Waals surface area contributed by atoms with Gasteiger partial charge in [0, 0.05) is 0 Å². The number of hydrogen-bond donors (Lipinski definition) is 0. The fourth-order valence-corrected chi connectivity index (χ4v) is 2.13. The Balaban J connectivity index is 1.99. The van der Waals surface area contributed by atoms with Gasteiger partial charge in [-0.25, -0.2) is 0 Å². The summed E-state index contributed by atoms with van der Waals surface area (Å²) in [6, 6.07) is 0. The fraction of sp³-hybridized carbons (Fsp3) is 1.00. The van der Waals surface area contributed by atoms with Gasteiger partial charge in [0.15, 0.2) is 0 Å². The summed E-state index contributed by atoms with van der Waals surface area (Å²) in [4.78, 5) is 0. The van der Waals surface area contributed by atoms with E-state index in [1.165, 1.54) is 12.8 Å². The Morgan fingerprint density at radius 2 is 2.33 bits per heavy atom. The first-order valence-corrected chi connectivity index (χ1v) is 3.98. The van der Waals surface area contributed by atoms with Gasteiger partial charge in [0.05, 0.1) is 12.2 Å². The van der Waals surface area contributed by atoms with Crippen LogP contribution in [0, 0.1) is 11.8 Å². The largest absolute Gasteiger partial charge is 0.369 e. The third-order valence-electron chi connectivity index (χ3n) is 2.94. The number of epoxide rings is 1. The zero-order chi connectivity index (χ0) is 6.43. The quantitative estimate of drug-likeness (QED) is 0.488. The first-order chi connectivity index (χ1) is 4.33. The summed E-state index contributed by atoms with van der Waals surface area (Å²) < 4.78 is 5.40. The Labute approximate surface area is 56.4 Å². The predicted octanol–water partition coefficient (Wildman–Crippen LogP) is 1.82. The molecule has 0 amide bonds. The lowest BCUT2D eigenvalue weighted by molar-refractivity contribution is 0.210. The molecule has 0 aromatic heterocycles. The Kier molecular flexibility index (Phi) is 1.10. The van der Waals surface area contributed by atoms with Crippen LogP contribution in [0.5, 0.6) is 0 Å². The molecule has 52 valence electrons. The minimum atomic E-state index is 0.662. The Morgan fingerprint density at radius 1 is 1.56 bits per heavy atom. The lowest BCUT2D eigenvalue weighted by Gasteiger charge is -2.14. The molecule has 1 saturated heterocycles. The summed E-state index contributed by atoms with van der Waals surface area (Å²) >= 11 is 0. The van der Waals surface area contributed by atoms with Gasteiger partial charge in [0.2, 0.25) is 0 Å². The maximum atomic E-state index is 5.40. The van der Waals surface area contributed by atoms with Crippen molar-refractivity contribution < 1.29 is 4.74 Å². The zero-order valence-corrected chi connectivity index (χ0v) is 6.13. The molecule has 0 aromatic rings. The van der Waals surface area contributed by atoms with Gasteiger partial charge in [-0.1, -0.05) is 20.3 Å². The molecule has 0 radical (unpaired) electrons. The predicted molar refractivity (Wildman–Crippen MR) is 36.2 cm³/mol. The molecule has 0 bridgehead atoms. The maximum Gasteiger partial charge on any atom is 0.0870 e. The summed E-state index contributed by atoms with van der Waals surface area (Å²) in [7, 11) is 0. The Morgan fingerprint density at radius 3 is 2.67 bits per heavy atom. The number of rotatable bonds is 1. The normalized spacial score (nSPS) is 55.3. The zero-order valence-electron chi connectivity index (χ0n) is 6.13. The smallest absolute Gasteiger partial charge is 0.0870 e. The van der Waals surface area contributed by atoms with Crippen molar-refractivity contribution in [3.63, 3.8) is 0 Å². The molecule has 2 fully saturated rings. The van der Waals surface area contributed by atoms with Crippen LogP contribution in [0.3, 0.4) is 0 Å². The van der Waals surface area contributed by atoms with E-state index in [0.29, 0.717) is 12.2 Å². The van der Waals surface area contributed by atoms with Crippen LogP contribution in [0.25, 0.3) is 0 Å². The van der Waals surface area contributed by atoms with Crippen LogP contribution in [-0.2, 0) is 4.74 Å². The molecule has 0 spiro atoms. The summed E-state index contributed by atoms with van der Waals surface area (Å²) in [5.74, 6) is 1.81. The highest BCUT2D eigenvalue weighted by molar-refractivity contribution is 4.99. The van der Waals surface area contributed by atoms with Gasteiger partial charge >= 0.3 is 0 Å². The van der Waals surface area contributed by atoms with Crippen LogP contribution in [0.1, 0.15) is 26.7 Å². The van der Waals surface area contributed by atoms with Gasteiger partial charge < -0.3 is 4.74 Å². The van der Waals surface area contributed by atoms with Crippen molar-refractivity contribution in [3.8, 4) is 0 Å². The molecule has 1 heterocycles. The molecule has 1 aliphatic heterocycles. The molecule has 1 aliphatic carbocycles. The molecule has 9 heavy (non-hydrogen) atoms. The molecule has 4 unspecified atom stereocenters. The highest BCUT2D eigenvalue weighted by atomic mass is 16.6. The van der Waals surface area contributed by atoms with Crippen LogP contribution in [0.2, 0.25) is 0 Å². The first kappa shape index (κ1) is 5.72. The molecule has 2 aliphatic rings. The molecule has 4 atom stereocenters. The third kappa shape index (κ3) is 0.710. The summed E-state index contributed by atoms with van der Waals surface area (Å²) in [5.41, 5.74) is 0. The van der Waals surface area contributed by atoms with E-state index in [-0.39, 0.29) is 0 Å². The van der Waals surface area contributed by atoms with E-state index in [9.17, 15) is 0 Å². The minimum absolute atomic E-state index is 0.662. The van der Waals surface area contributed by atoms with Crippen molar-refractivity contribution in [2.45, 2.75) is 38.9 Å². The van der Waals surface area contributed by atoms with Crippen LogP contribution in [-0.4, -0.2) is 12.2 Å². The van der Waals surface area contributed by atoms with Gasteiger partial charge in [-0.3, -0.25) is 0 Å². The van der Waals surface area contributed by atoms with E-state index >= 15 is 0 Å². The number of hydrogen-bond acceptors (Lipinski definition) is 1. The second-order valence-corrected chi connectivity index (χ2v) is 3.40. The highest BCUT2D eigenvalue weighted by Gasteiger charge is 2.52. The molecule has 1 saturated carbocycles. The highest BCUT2D eigenvalue weighted by Crippen LogP contribution is 2.47. The third-order valence-corrected chi connectivity index (χ3v) is 2.94. The lowest BCUT2D eigenvalue weighted by atomic mass is 9.95. The topological polar surface area (TPSA) is 12.5 Å². The van der Waals surface area contributed by atoms with Crippen molar-refractivity contribution in [1.82, 2.24) is 0 Å². The first-order valence-electron chi connectivity index (χ1n) is 3.98. The van der Waals surface area contributed by atoms with E-state index < -0.39 is 0 Å². The van der Waals surface area contributed by atoms with E-state index in [1.807, 2.05) is 0 Å². The molecule has 0 aromatic carbocycles. The molecule has 1 heteroatoms. The molecular weight excluding hydrogens is 112 g/mol. The molecule has 0 N–H and O–H groups in total. The Hall–Kier alpha value is -0.0400. The van der Waals surface area contributed by atoms with E-state index in [4.69, 9.17) is 4.74 Å². The average molecular weight is 126 g/mol. The van der Waals surface area contributed by atoms with Crippen molar-refractivity contribution in [2.24, 2.45) is 11.8 Å². The summed E-state index contributed by atoms with van der Waals surface area (Å²) in [6.45, 7) is 4.61. The van der Waals surface area contributed by atoms with Crippen LogP contribution in [0.15, 0.2) is 0 Å².